The molecule has 0 bridgehead atoms. The summed E-state index contributed by atoms with van der Waals surface area (Å²) >= 11 is 3.31. The van der Waals surface area contributed by atoms with Crippen LogP contribution in [0.1, 0.15) is 18.4 Å². The quantitative estimate of drug-likeness (QED) is 0.752. The van der Waals surface area contributed by atoms with Crippen LogP contribution in [0.5, 0.6) is 0 Å². The van der Waals surface area contributed by atoms with Crippen molar-refractivity contribution in [2.45, 2.75) is 24.2 Å². The molecule has 0 amide bonds. The van der Waals surface area contributed by atoms with Crippen LogP contribution in [0.15, 0.2) is 18.2 Å². The van der Waals surface area contributed by atoms with Crippen LogP contribution in [0.3, 0.4) is 0 Å². The summed E-state index contributed by atoms with van der Waals surface area (Å²) in [7, 11) is 1.96. The molecule has 14 heavy (non-hydrogen) atoms. The lowest BCUT2D eigenvalue weighted by Crippen LogP contribution is -2.20. The maximum Gasteiger partial charge on any atom is 0.146 e. The van der Waals surface area contributed by atoms with Crippen LogP contribution >= 0.6 is 15.9 Å². The van der Waals surface area contributed by atoms with E-state index in [0.717, 1.165) is 11.3 Å². The van der Waals surface area contributed by atoms with Crippen LogP contribution in [0, 0.1) is 5.82 Å². The van der Waals surface area contributed by atoms with E-state index < -0.39 is 0 Å². The van der Waals surface area contributed by atoms with E-state index in [9.17, 15) is 4.39 Å². The molecule has 1 nitrogen and oxygen atoms in total. The third-order valence-corrected chi connectivity index (χ3v) is 3.29. The fourth-order valence-electron chi connectivity index (χ4n) is 1.58. The minimum Gasteiger partial charge on any atom is -0.369 e. The number of hydrogen-bond acceptors (Lipinski definition) is 1. The van der Waals surface area contributed by atoms with Crippen LogP contribution in [0.2, 0.25) is 0 Å². The second-order valence-corrected chi connectivity index (χ2v) is 4.32. The summed E-state index contributed by atoms with van der Waals surface area (Å²) in [4.78, 5) is 2.04. The SMILES string of the molecule is CN(c1ccc(CBr)cc1F)C1CC1. The van der Waals surface area contributed by atoms with E-state index >= 15 is 0 Å². The molecule has 0 atom stereocenters. The summed E-state index contributed by atoms with van der Waals surface area (Å²) in [6.45, 7) is 0. The maximum absolute atomic E-state index is 13.6. The third-order valence-electron chi connectivity index (χ3n) is 2.64. The lowest BCUT2D eigenvalue weighted by molar-refractivity contribution is 0.620. The lowest BCUT2D eigenvalue weighted by atomic mass is 10.2. The van der Waals surface area contributed by atoms with E-state index in [1.807, 2.05) is 24.1 Å². The number of alkyl halides is 1. The fraction of sp³-hybridized carbons (Fsp3) is 0.455. The zero-order valence-electron chi connectivity index (χ0n) is 8.13. The van der Waals surface area contributed by atoms with Gasteiger partial charge in [-0.25, -0.2) is 4.39 Å². The molecule has 0 aromatic heterocycles. The standard InChI is InChI=1S/C11H13BrFN/c1-14(9-3-4-9)11-5-2-8(7-12)6-10(11)13/h2,5-6,9H,3-4,7H2,1H3. The van der Waals surface area contributed by atoms with Crippen LogP contribution < -0.4 is 4.90 Å². The van der Waals surface area contributed by atoms with Gasteiger partial charge in [-0.05, 0) is 30.5 Å². The number of hydrogen-bond donors (Lipinski definition) is 0. The van der Waals surface area contributed by atoms with Crippen molar-refractivity contribution in [1.29, 1.82) is 0 Å². The largest absolute Gasteiger partial charge is 0.369 e. The summed E-state index contributed by atoms with van der Waals surface area (Å²) < 4.78 is 13.6. The molecule has 0 radical (unpaired) electrons. The molecular formula is C11H13BrFN. The first kappa shape index (κ1) is 9.97. The van der Waals surface area contributed by atoms with Crippen molar-refractivity contribution in [3.8, 4) is 0 Å². The maximum atomic E-state index is 13.6. The van der Waals surface area contributed by atoms with Crippen LogP contribution in [-0.4, -0.2) is 13.1 Å². The molecule has 1 aliphatic carbocycles. The molecular weight excluding hydrogens is 245 g/mol. The van der Waals surface area contributed by atoms with Gasteiger partial charge in [-0.1, -0.05) is 22.0 Å². The van der Waals surface area contributed by atoms with Crippen molar-refractivity contribution in [2.24, 2.45) is 0 Å². The number of nitrogens with zero attached hydrogens (tertiary/aromatic N) is 1. The summed E-state index contributed by atoms with van der Waals surface area (Å²) in [5, 5.41) is 0.706. The first-order chi connectivity index (χ1) is 6.72. The van der Waals surface area contributed by atoms with Crippen molar-refractivity contribution >= 4 is 21.6 Å². The van der Waals surface area contributed by atoms with Gasteiger partial charge in [0, 0.05) is 18.4 Å². The lowest BCUT2D eigenvalue weighted by Gasteiger charge is -2.19. The van der Waals surface area contributed by atoms with Gasteiger partial charge in [-0.2, -0.15) is 0 Å². The average molecular weight is 258 g/mol. The zero-order chi connectivity index (χ0) is 10.1. The predicted molar refractivity (Wildman–Crippen MR) is 60.5 cm³/mol. The van der Waals surface area contributed by atoms with Gasteiger partial charge in [0.1, 0.15) is 5.82 Å². The van der Waals surface area contributed by atoms with Crippen molar-refractivity contribution in [3.63, 3.8) is 0 Å². The van der Waals surface area contributed by atoms with Gasteiger partial charge in [0.15, 0.2) is 0 Å². The molecule has 1 saturated carbocycles. The van der Waals surface area contributed by atoms with E-state index in [1.165, 1.54) is 12.8 Å². The van der Waals surface area contributed by atoms with E-state index in [0.29, 0.717) is 11.4 Å². The van der Waals surface area contributed by atoms with Gasteiger partial charge in [-0.15, -0.1) is 0 Å². The number of rotatable bonds is 3. The molecule has 0 heterocycles. The zero-order valence-corrected chi connectivity index (χ0v) is 9.72. The van der Waals surface area contributed by atoms with Gasteiger partial charge in [0.25, 0.3) is 0 Å². The highest BCUT2D eigenvalue weighted by Crippen LogP contribution is 2.31. The van der Waals surface area contributed by atoms with Crippen LogP contribution in [-0.2, 0) is 5.33 Å². The molecule has 0 spiro atoms. The van der Waals surface area contributed by atoms with E-state index in [1.54, 1.807) is 6.07 Å². The highest BCUT2D eigenvalue weighted by Gasteiger charge is 2.27. The second kappa shape index (κ2) is 3.89. The first-order valence-electron chi connectivity index (χ1n) is 4.79. The van der Waals surface area contributed by atoms with Crippen molar-refractivity contribution in [1.82, 2.24) is 0 Å². The molecule has 0 aliphatic heterocycles. The Kier molecular flexibility index (Phi) is 2.77. The molecule has 0 N–H and O–H groups in total. The monoisotopic (exact) mass is 257 g/mol. The molecule has 2 rings (SSSR count). The highest BCUT2D eigenvalue weighted by atomic mass is 79.9. The third kappa shape index (κ3) is 1.92. The van der Waals surface area contributed by atoms with E-state index in [-0.39, 0.29) is 5.82 Å². The Morgan fingerprint density at radius 1 is 1.50 bits per heavy atom. The van der Waals surface area contributed by atoms with Gasteiger partial charge in [0.2, 0.25) is 0 Å². The molecule has 1 aromatic carbocycles. The van der Waals surface area contributed by atoms with Crippen LogP contribution in [0.4, 0.5) is 10.1 Å². The Hall–Kier alpha value is -0.570. The van der Waals surface area contributed by atoms with E-state index in [2.05, 4.69) is 15.9 Å². The highest BCUT2D eigenvalue weighted by molar-refractivity contribution is 9.08. The molecule has 1 fully saturated rings. The minimum absolute atomic E-state index is 0.114. The number of anilines is 1. The molecule has 76 valence electrons. The molecule has 1 aromatic rings. The molecule has 0 unspecified atom stereocenters. The van der Waals surface area contributed by atoms with E-state index in [4.69, 9.17) is 0 Å². The Balaban J connectivity index is 2.24. The number of benzene rings is 1. The fourth-order valence-corrected chi connectivity index (χ4v) is 1.93. The van der Waals surface area contributed by atoms with Crippen molar-refractivity contribution in [2.75, 3.05) is 11.9 Å². The smallest absolute Gasteiger partial charge is 0.146 e. The Labute approximate surface area is 92.0 Å². The Morgan fingerprint density at radius 3 is 2.71 bits per heavy atom. The summed E-state index contributed by atoms with van der Waals surface area (Å²) in [6.07, 6.45) is 2.38. The van der Waals surface area contributed by atoms with Gasteiger partial charge in [0.05, 0.1) is 5.69 Å². The molecule has 0 saturated heterocycles. The summed E-state index contributed by atoms with van der Waals surface area (Å²) in [5.74, 6) is -0.114. The van der Waals surface area contributed by atoms with Gasteiger partial charge in [-0.3, -0.25) is 0 Å². The number of halogens is 2. The van der Waals surface area contributed by atoms with Gasteiger partial charge < -0.3 is 4.90 Å². The average Bonchev–Trinajstić information content (AvgIpc) is 3.00. The normalized spacial score (nSPS) is 15.6. The van der Waals surface area contributed by atoms with Crippen molar-refractivity contribution < 1.29 is 4.39 Å². The minimum atomic E-state index is -0.114. The Bertz CT molecular complexity index is 336. The first-order valence-corrected chi connectivity index (χ1v) is 5.91. The van der Waals surface area contributed by atoms with Crippen molar-refractivity contribution in [3.05, 3.63) is 29.6 Å². The van der Waals surface area contributed by atoms with Gasteiger partial charge >= 0.3 is 0 Å². The topological polar surface area (TPSA) is 3.24 Å². The summed E-state index contributed by atoms with van der Waals surface area (Å²) in [6, 6.07) is 5.98. The summed E-state index contributed by atoms with van der Waals surface area (Å²) in [5.41, 5.74) is 1.70. The predicted octanol–water partition coefficient (Wildman–Crippen LogP) is 3.32. The molecule has 1 aliphatic rings. The second-order valence-electron chi connectivity index (χ2n) is 3.76. The Morgan fingerprint density at radius 2 is 2.21 bits per heavy atom. The van der Waals surface area contributed by atoms with Crippen LogP contribution in [0.25, 0.3) is 0 Å². The molecule has 3 heteroatoms.